The Morgan fingerprint density at radius 1 is 1.32 bits per heavy atom. The maximum atomic E-state index is 11.7. The summed E-state index contributed by atoms with van der Waals surface area (Å²) < 4.78 is 10.7. The maximum absolute atomic E-state index is 11.7. The van der Waals surface area contributed by atoms with Gasteiger partial charge in [-0.05, 0) is 42.5 Å². The highest BCUT2D eigenvalue weighted by Gasteiger charge is 2.45. The predicted octanol–water partition coefficient (Wildman–Crippen LogP) is 0.627. The number of benzene rings is 1. The number of carbonyl (C=O) groups is 1. The van der Waals surface area contributed by atoms with Crippen LogP contribution in [0, 0.1) is 12.8 Å². The quantitative estimate of drug-likeness (QED) is 0.600. The summed E-state index contributed by atoms with van der Waals surface area (Å²) in [6.07, 6.45) is 0.774. The first-order chi connectivity index (χ1) is 9.06. The number of aryl methyl sites for hydroxylation is 1. The van der Waals surface area contributed by atoms with E-state index in [-0.39, 0.29) is 30.5 Å². The van der Waals surface area contributed by atoms with Crippen molar-refractivity contribution in [1.29, 1.82) is 0 Å². The molecule has 4 N–H and O–H groups in total. The molecule has 100 valence electrons. The van der Waals surface area contributed by atoms with Gasteiger partial charge in [0.05, 0.1) is 0 Å². The van der Waals surface area contributed by atoms with E-state index in [1.54, 1.807) is 0 Å². The van der Waals surface area contributed by atoms with Crippen LogP contribution in [-0.4, -0.2) is 18.7 Å². The lowest BCUT2D eigenvalue weighted by Crippen LogP contribution is -2.24. The van der Waals surface area contributed by atoms with Crippen molar-refractivity contribution in [2.24, 2.45) is 22.4 Å². The van der Waals surface area contributed by atoms with Gasteiger partial charge in [0.2, 0.25) is 6.79 Å². The largest absolute Gasteiger partial charge is 0.454 e. The molecule has 2 aliphatic rings. The van der Waals surface area contributed by atoms with Gasteiger partial charge in [-0.2, -0.15) is 4.99 Å². The Bertz CT molecular complexity index is 579. The Morgan fingerprint density at radius 2 is 2.00 bits per heavy atom. The van der Waals surface area contributed by atoms with Gasteiger partial charge in [0.25, 0.3) is 5.91 Å². The molecule has 0 bridgehead atoms. The molecule has 6 heteroatoms. The van der Waals surface area contributed by atoms with Crippen LogP contribution in [0.1, 0.15) is 23.5 Å². The summed E-state index contributed by atoms with van der Waals surface area (Å²) in [4.78, 5) is 15.3. The third kappa shape index (κ3) is 2.09. The van der Waals surface area contributed by atoms with E-state index in [9.17, 15) is 4.79 Å². The topological polar surface area (TPSA) is 99.9 Å². The van der Waals surface area contributed by atoms with Crippen LogP contribution in [0.5, 0.6) is 11.5 Å². The van der Waals surface area contributed by atoms with Crippen molar-refractivity contribution in [3.05, 3.63) is 23.3 Å². The number of rotatable bonds is 2. The third-order valence-corrected chi connectivity index (χ3v) is 3.51. The minimum absolute atomic E-state index is 0.124. The van der Waals surface area contributed by atoms with Gasteiger partial charge in [-0.15, -0.1) is 0 Å². The zero-order chi connectivity index (χ0) is 13.6. The highest BCUT2D eigenvalue weighted by molar-refractivity contribution is 5.94. The number of amides is 1. The Balaban J connectivity index is 1.82. The normalized spacial score (nSPS) is 23.0. The third-order valence-electron chi connectivity index (χ3n) is 3.51. The Labute approximate surface area is 110 Å². The van der Waals surface area contributed by atoms with E-state index in [0.717, 1.165) is 29.0 Å². The van der Waals surface area contributed by atoms with Crippen LogP contribution in [0.25, 0.3) is 0 Å². The number of nitrogens with zero attached hydrogens (tertiary/aromatic N) is 1. The number of hydrogen-bond donors (Lipinski definition) is 2. The number of aliphatic imine (C=N–C) groups is 1. The van der Waals surface area contributed by atoms with Crippen LogP contribution >= 0.6 is 0 Å². The molecule has 2 atom stereocenters. The molecule has 1 aromatic rings. The molecule has 1 aromatic carbocycles. The summed E-state index contributed by atoms with van der Waals surface area (Å²) in [6, 6.07) is 3.89. The predicted molar refractivity (Wildman–Crippen MR) is 69.0 cm³/mol. The Hall–Kier alpha value is -2.24. The monoisotopic (exact) mass is 261 g/mol. The van der Waals surface area contributed by atoms with Crippen molar-refractivity contribution >= 4 is 11.9 Å². The van der Waals surface area contributed by atoms with Crippen molar-refractivity contribution in [1.82, 2.24) is 0 Å². The number of carbonyl (C=O) groups excluding carboxylic acids is 1. The molecule has 1 aliphatic carbocycles. The molecule has 1 amide bonds. The molecule has 6 nitrogen and oxygen atoms in total. The molecule has 0 saturated heterocycles. The summed E-state index contributed by atoms with van der Waals surface area (Å²) in [6.45, 7) is 2.25. The molecule has 0 spiro atoms. The highest BCUT2D eigenvalue weighted by atomic mass is 16.7. The molecular formula is C13H15N3O3. The van der Waals surface area contributed by atoms with Crippen molar-refractivity contribution < 1.29 is 14.3 Å². The molecular weight excluding hydrogens is 246 g/mol. The molecule has 3 rings (SSSR count). The molecule has 1 heterocycles. The van der Waals surface area contributed by atoms with Gasteiger partial charge < -0.3 is 20.9 Å². The summed E-state index contributed by atoms with van der Waals surface area (Å²) in [7, 11) is 0. The first kappa shape index (κ1) is 11.8. The second kappa shape index (κ2) is 4.15. The second-order valence-electron chi connectivity index (χ2n) is 4.89. The fourth-order valence-electron chi connectivity index (χ4n) is 2.48. The van der Waals surface area contributed by atoms with E-state index >= 15 is 0 Å². The van der Waals surface area contributed by atoms with Crippen LogP contribution in [0.4, 0.5) is 0 Å². The van der Waals surface area contributed by atoms with Gasteiger partial charge in [0.1, 0.15) is 0 Å². The lowest BCUT2D eigenvalue weighted by molar-refractivity contribution is -0.119. The van der Waals surface area contributed by atoms with Gasteiger partial charge in [-0.3, -0.25) is 4.79 Å². The fraction of sp³-hybridized carbons (Fsp3) is 0.385. The number of fused-ring (bicyclic) bond motifs is 1. The van der Waals surface area contributed by atoms with Crippen molar-refractivity contribution in [2.75, 3.05) is 6.79 Å². The zero-order valence-corrected chi connectivity index (χ0v) is 10.6. The standard InChI is InChI=1S/C13H15N3O3/c1-6-2-10-11(19-5-18-10)4-7(6)8-3-9(8)12(17)16-13(14)15/h2,4,8-9H,3,5H2,1H3,(H4,14,15,16,17). The SMILES string of the molecule is Cc1cc2c(cc1C1CC1C(=O)N=C(N)N)OCO2. The van der Waals surface area contributed by atoms with Crippen molar-refractivity contribution in [3.63, 3.8) is 0 Å². The lowest BCUT2D eigenvalue weighted by atomic mass is 10.0. The van der Waals surface area contributed by atoms with Gasteiger partial charge in [0.15, 0.2) is 17.5 Å². The van der Waals surface area contributed by atoms with E-state index in [1.165, 1.54) is 0 Å². The summed E-state index contributed by atoms with van der Waals surface area (Å²) in [5, 5.41) is 0. The van der Waals surface area contributed by atoms with E-state index in [0.29, 0.717) is 0 Å². The number of guanidine groups is 1. The second-order valence-corrected chi connectivity index (χ2v) is 4.89. The van der Waals surface area contributed by atoms with Gasteiger partial charge in [0, 0.05) is 5.92 Å². The minimum atomic E-state index is -0.248. The number of ether oxygens (including phenoxy) is 2. The van der Waals surface area contributed by atoms with Gasteiger partial charge >= 0.3 is 0 Å². The smallest absolute Gasteiger partial charge is 0.252 e. The molecule has 0 aromatic heterocycles. The minimum Gasteiger partial charge on any atom is -0.454 e. The first-order valence-electron chi connectivity index (χ1n) is 6.10. The molecule has 0 radical (unpaired) electrons. The number of nitrogens with two attached hydrogens (primary N) is 2. The Kier molecular flexibility index (Phi) is 2.58. The molecule has 1 saturated carbocycles. The highest BCUT2D eigenvalue weighted by Crippen LogP contribution is 2.51. The van der Waals surface area contributed by atoms with Crippen LogP contribution in [0.2, 0.25) is 0 Å². The van der Waals surface area contributed by atoms with Gasteiger partial charge in [-0.1, -0.05) is 0 Å². The summed E-state index contributed by atoms with van der Waals surface area (Å²) >= 11 is 0. The Morgan fingerprint density at radius 3 is 2.68 bits per heavy atom. The first-order valence-corrected chi connectivity index (χ1v) is 6.10. The van der Waals surface area contributed by atoms with E-state index in [1.807, 2.05) is 19.1 Å². The maximum Gasteiger partial charge on any atom is 0.252 e. The lowest BCUT2D eigenvalue weighted by Gasteiger charge is -2.06. The zero-order valence-electron chi connectivity index (χ0n) is 10.6. The fourth-order valence-corrected chi connectivity index (χ4v) is 2.48. The van der Waals surface area contributed by atoms with E-state index in [2.05, 4.69) is 4.99 Å². The van der Waals surface area contributed by atoms with E-state index < -0.39 is 0 Å². The van der Waals surface area contributed by atoms with E-state index in [4.69, 9.17) is 20.9 Å². The molecule has 19 heavy (non-hydrogen) atoms. The number of hydrogen-bond acceptors (Lipinski definition) is 3. The molecule has 1 aliphatic heterocycles. The van der Waals surface area contributed by atoms with Crippen LogP contribution < -0.4 is 20.9 Å². The summed E-state index contributed by atoms with van der Waals surface area (Å²) in [5.41, 5.74) is 12.6. The molecule has 1 fully saturated rings. The van der Waals surface area contributed by atoms with Crippen molar-refractivity contribution in [2.45, 2.75) is 19.3 Å². The molecule has 2 unspecified atom stereocenters. The average Bonchev–Trinajstić information content (AvgIpc) is 3.00. The van der Waals surface area contributed by atoms with Crippen molar-refractivity contribution in [3.8, 4) is 11.5 Å². The van der Waals surface area contributed by atoms with Crippen LogP contribution in [0.3, 0.4) is 0 Å². The van der Waals surface area contributed by atoms with Crippen LogP contribution in [-0.2, 0) is 4.79 Å². The average molecular weight is 261 g/mol. The van der Waals surface area contributed by atoms with Crippen LogP contribution in [0.15, 0.2) is 17.1 Å². The van der Waals surface area contributed by atoms with Gasteiger partial charge in [-0.25, -0.2) is 0 Å². The summed E-state index contributed by atoms with van der Waals surface area (Å²) in [5.74, 6) is 1.11.